The third-order valence-electron chi connectivity index (χ3n) is 7.30. The minimum Gasteiger partial charge on any atom is -0.379 e. The molecule has 6 rings (SSSR count). The van der Waals surface area contributed by atoms with Crippen molar-refractivity contribution in [2.75, 3.05) is 64.4 Å². The SMILES string of the molecule is O=C(Nc1cccc2c1C(=O)c1c(C3=CCC(OCC(=O)N4CCNCC4)C=C3)n[nH]c1-2)NN1CCOCC1. The summed E-state index contributed by atoms with van der Waals surface area (Å²) in [5.41, 5.74) is 6.87. The maximum atomic E-state index is 13.6. The van der Waals surface area contributed by atoms with Gasteiger partial charge in [0.1, 0.15) is 12.3 Å². The number of hydrogen-bond acceptors (Lipinski definition) is 8. The molecule has 1 aromatic carbocycles. The Morgan fingerprint density at radius 1 is 1.13 bits per heavy atom. The first-order valence-electron chi connectivity index (χ1n) is 13.2. The molecule has 2 aromatic rings. The number of amides is 3. The van der Waals surface area contributed by atoms with Gasteiger partial charge in [-0.15, -0.1) is 0 Å². The van der Waals surface area contributed by atoms with Crippen LogP contribution < -0.4 is 16.1 Å². The molecule has 2 fully saturated rings. The van der Waals surface area contributed by atoms with Crippen molar-refractivity contribution in [3.05, 3.63) is 53.2 Å². The maximum Gasteiger partial charge on any atom is 0.333 e. The van der Waals surface area contributed by atoms with E-state index in [2.05, 4.69) is 26.3 Å². The lowest BCUT2D eigenvalue weighted by molar-refractivity contribution is -0.137. The molecule has 4 aliphatic rings. The lowest BCUT2D eigenvalue weighted by Crippen LogP contribution is -2.49. The predicted octanol–water partition coefficient (Wildman–Crippen LogP) is 1.15. The van der Waals surface area contributed by atoms with Crippen molar-refractivity contribution in [1.82, 2.24) is 30.8 Å². The van der Waals surface area contributed by atoms with Crippen LogP contribution in [0.1, 0.15) is 28.0 Å². The second-order valence-corrected chi connectivity index (χ2v) is 9.78. The third kappa shape index (κ3) is 5.23. The second kappa shape index (κ2) is 11.1. The number of allylic oxidation sites excluding steroid dienone is 2. The molecule has 2 aliphatic carbocycles. The van der Waals surface area contributed by atoms with E-state index in [1.807, 2.05) is 29.2 Å². The largest absolute Gasteiger partial charge is 0.379 e. The number of benzene rings is 1. The van der Waals surface area contributed by atoms with E-state index >= 15 is 0 Å². The molecule has 0 spiro atoms. The first-order chi connectivity index (χ1) is 19.1. The number of nitrogens with one attached hydrogen (secondary N) is 4. The molecule has 1 unspecified atom stereocenters. The summed E-state index contributed by atoms with van der Waals surface area (Å²) in [7, 11) is 0. The Kier molecular flexibility index (Phi) is 7.24. The highest BCUT2D eigenvalue weighted by Crippen LogP contribution is 2.42. The quantitative estimate of drug-likeness (QED) is 0.370. The van der Waals surface area contributed by atoms with Crippen LogP contribution in [0.25, 0.3) is 16.8 Å². The molecule has 1 aromatic heterocycles. The van der Waals surface area contributed by atoms with Gasteiger partial charge in [-0.3, -0.25) is 20.1 Å². The molecule has 3 amide bonds. The van der Waals surface area contributed by atoms with Crippen LogP contribution >= 0.6 is 0 Å². The number of urea groups is 1. The zero-order valence-electron chi connectivity index (χ0n) is 21.5. The van der Waals surface area contributed by atoms with Crippen LogP contribution in [-0.2, 0) is 14.3 Å². The van der Waals surface area contributed by atoms with Gasteiger partial charge in [-0.05, 0) is 18.1 Å². The van der Waals surface area contributed by atoms with Gasteiger partial charge in [0.15, 0.2) is 5.78 Å². The van der Waals surface area contributed by atoms with Crippen molar-refractivity contribution in [2.45, 2.75) is 12.5 Å². The summed E-state index contributed by atoms with van der Waals surface area (Å²) in [6.45, 7) is 5.34. The monoisotopic (exact) mass is 533 g/mol. The van der Waals surface area contributed by atoms with Gasteiger partial charge in [0.05, 0.1) is 41.8 Å². The van der Waals surface area contributed by atoms with Crippen molar-refractivity contribution in [3.63, 3.8) is 0 Å². The molecule has 2 saturated heterocycles. The van der Waals surface area contributed by atoms with E-state index in [9.17, 15) is 14.4 Å². The van der Waals surface area contributed by atoms with Gasteiger partial charge in [-0.2, -0.15) is 5.10 Å². The van der Waals surface area contributed by atoms with Crippen molar-refractivity contribution in [2.24, 2.45) is 0 Å². The Morgan fingerprint density at radius 2 is 1.95 bits per heavy atom. The molecule has 0 saturated carbocycles. The van der Waals surface area contributed by atoms with Gasteiger partial charge in [0.2, 0.25) is 5.91 Å². The highest BCUT2D eigenvalue weighted by atomic mass is 16.5. The van der Waals surface area contributed by atoms with Crippen LogP contribution in [-0.4, -0.2) is 103 Å². The zero-order valence-corrected chi connectivity index (χ0v) is 21.5. The van der Waals surface area contributed by atoms with E-state index in [1.54, 1.807) is 17.1 Å². The van der Waals surface area contributed by atoms with Crippen molar-refractivity contribution in [1.29, 1.82) is 0 Å². The van der Waals surface area contributed by atoms with Crippen molar-refractivity contribution >= 4 is 29.0 Å². The fourth-order valence-corrected chi connectivity index (χ4v) is 5.25. The summed E-state index contributed by atoms with van der Waals surface area (Å²) in [4.78, 5) is 40.5. The number of aromatic nitrogens is 2. The minimum atomic E-state index is -0.411. The van der Waals surface area contributed by atoms with Crippen LogP contribution in [0.15, 0.2) is 36.4 Å². The van der Waals surface area contributed by atoms with Gasteiger partial charge in [0.25, 0.3) is 0 Å². The fourth-order valence-electron chi connectivity index (χ4n) is 5.25. The fraction of sp³-hybridized carbons (Fsp3) is 0.407. The van der Waals surface area contributed by atoms with Crippen molar-refractivity contribution < 1.29 is 23.9 Å². The first kappa shape index (κ1) is 25.4. The number of carbonyl (C=O) groups is 3. The van der Waals surface area contributed by atoms with Crippen molar-refractivity contribution in [3.8, 4) is 11.3 Å². The lowest BCUT2D eigenvalue weighted by atomic mass is 9.98. The smallest absolute Gasteiger partial charge is 0.333 e. The summed E-state index contributed by atoms with van der Waals surface area (Å²) < 4.78 is 11.2. The Labute approximate surface area is 225 Å². The summed E-state index contributed by atoms with van der Waals surface area (Å²) in [5.74, 6) is -0.198. The molecule has 3 heterocycles. The van der Waals surface area contributed by atoms with E-state index in [-0.39, 0.29) is 24.4 Å². The van der Waals surface area contributed by atoms with E-state index in [0.717, 1.165) is 18.7 Å². The number of H-pyrrole nitrogens is 1. The number of morpholine rings is 1. The second-order valence-electron chi connectivity index (χ2n) is 9.78. The molecule has 204 valence electrons. The molecule has 4 N–H and O–H groups in total. The predicted molar refractivity (Wildman–Crippen MR) is 143 cm³/mol. The van der Waals surface area contributed by atoms with Gasteiger partial charge in [-0.1, -0.05) is 30.4 Å². The molecule has 12 nitrogen and oxygen atoms in total. The molecular formula is C27H31N7O5. The number of anilines is 1. The summed E-state index contributed by atoms with van der Waals surface area (Å²) in [5, 5.41) is 15.3. The minimum absolute atomic E-state index is 0.00352. The molecule has 1 atom stereocenters. The van der Waals surface area contributed by atoms with E-state index in [4.69, 9.17) is 9.47 Å². The Hall–Kier alpha value is -3.84. The number of rotatable bonds is 6. The number of ketones is 1. The van der Waals surface area contributed by atoms with Crippen LogP contribution in [0.5, 0.6) is 0 Å². The summed E-state index contributed by atoms with van der Waals surface area (Å²) in [6, 6.07) is 4.95. The third-order valence-corrected chi connectivity index (χ3v) is 7.30. The summed E-state index contributed by atoms with van der Waals surface area (Å²) in [6.07, 6.45) is 6.10. The molecule has 2 aliphatic heterocycles. The molecule has 0 bridgehead atoms. The number of hydrogen-bond donors (Lipinski definition) is 4. The number of ether oxygens (including phenoxy) is 2. The van der Waals surface area contributed by atoms with Gasteiger partial charge in [-0.25, -0.2) is 9.80 Å². The molecule has 39 heavy (non-hydrogen) atoms. The Balaban J connectivity index is 1.11. The first-order valence-corrected chi connectivity index (χ1v) is 13.2. The van der Waals surface area contributed by atoms with Crippen LogP contribution in [0.3, 0.4) is 0 Å². The van der Waals surface area contributed by atoms with Gasteiger partial charge in [0, 0.05) is 44.8 Å². The number of carbonyl (C=O) groups excluding carboxylic acids is 3. The molecule has 12 heteroatoms. The van der Waals surface area contributed by atoms with Crippen LogP contribution in [0.2, 0.25) is 0 Å². The van der Waals surface area contributed by atoms with E-state index in [0.29, 0.717) is 79.6 Å². The average Bonchev–Trinajstić information content (AvgIpc) is 3.53. The summed E-state index contributed by atoms with van der Waals surface area (Å²) >= 11 is 0. The van der Waals surface area contributed by atoms with Gasteiger partial charge >= 0.3 is 6.03 Å². The number of hydrazine groups is 1. The van der Waals surface area contributed by atoms with Crippen LogP contribution in [0, 0.1) is 0 Å². The van der Waals surface area contributed by atoms with E-state index < -0.39 is 6.03 Å². The highest BCUT2D eigenvalue weighted by molar-refractivity contribution is 6.26. The molecule has 0 radical (unpaired) electrons. The average molecular weight is 534 g/mol. The highest BCUT2D eigenvalue weighted by Gasteiger charge is 2.35. The maximum absolute atomic E-state index is 13.6. The Morgan fingerprint density at radius 3 is 2.72 bits per heavy atom. The lowest BCUT2D eigenvalue weighted by Gasteiger charge is -2.28. The Bertz CT molecular complexity index is 1340. The number of piperazine rings is 1. The number of aromatic amines is 1. The number of nitrogens with zero attached hydrogens (tertiary/aromatic N) is 3. The van der Waals surface area contributed by atoms with Crippen LogP contribution in [0.4, 0.5) is 10.5 Å². The van der Waals surface area contributed by atoms with E-state index in [1.165, 1.54) is 0 Å². The standard InChI is InChI=1S/C27H31N7O5/c35-21(33-10-8-28-9-11-33)16-39-18-6-4-17(5-7-18)24-23-25(31-30-24)19-2-1-3-20(22(19)26(23)36)29-27(37)32-34-12-14-38-15-13-34/h1-6,18,28H,7-16H2,(H,30,31)(H2,29,32,37). The zero-order chi connectivity index (χ0) is 26.8. The number of fused-ring (bicyclic) bond motifs is 3. The normalized spacial score (nSPS) is 20.8. The molecular weight excluding hydrogens is 502 g/mol. The van der Waals surface area contributed by atoms with Gasteiger partial charge < -0.3 is 25.0 Å². The topological polar surface area (TPSA) is 141 Å².